The Labute approximate surface area is 183 Å². The summed E-state index contributed by atoms with van der Waals surface area (Å²) in [4.78, 5) is 30.1. The van der Waals surface area contributed by atoms with Crippen LogP contribution in [0.4, 0.5) is 0 Å². The molecule has 0 aliphatic rings. The van der Waals surface area contributed by atoms with Crippen molar-refractivity contribution in [1.82, 2.24) is 29.5 Å². The van der Waals surface area contributed by atoms with Crippen LogP contribution in [0.15, 0.2) is 78.1 Å². The molecule has 5 rings (SSSR count). The number of carbonyl (C=O) groups excluding carboxylic acids is 1. The van der Waals surface area contributed by atoms with Crippen LogP contribution in [0.2, 0.25) is 0 Å². The number of benzene rings is 2. The van der Waals surface area contributed by atoms with Gasteiger partial charge in [0.2, 0.25) is 5.78 Å². The van der Waals surface area contributed by atoms with E-state index < -0.39 is 0 Å². The predicted molar refractivity (Wildman–Crippen MR) is 120 cm³/mol. The molecule has 0 aliphatic heterocycles. The van der Waals surface area contributed by atoms with Gasteiger partial charge < -0.3 is 5.32 Å². The van der Waals surface area contributed by atoms with Crippen molar-refractivity contribution in [2.75, 3.05) is 0 Å². The molecule has 0 unspecified atom stereocenters. The standard InChI is InChI=1S/C24H20N6O2/c1-16-2-4-18(5-3-16)14-29-23(32)20-12-19(6-7-21(20)30-15-27-28-24(29)30)22(31)26-13-17-8-10-25-11-9-17/h2-12,15H,13-14H2,1H3,(H,26,31). The lowest BCUT2D eigenvalue weighted by molar-refractivity contribution is 0.0951. The third-order valence-corrected chi connectivity index (χ3v) is 5.43. The van der Waals surface area contributed by atoms with Gasteiger partial charge in [0.05, 0.1) is 17.4 Å². The van der Waals surface area contributed by atoms with Crippen molar-refractivity contribution in [3.05, 3.63) is 106 Å². The van der Waals surface area contributed by atoms with Crippen LogP contribution in [-0.4, -0.2) is 30.1 Å². The van der Waals surface area contributed by atoms with Crippen molar-refractivity contribution in [3.63, 3.8) is 0 Å². The van der Waals surface area contributed by atoms with Crippen molar-refractivity contribution in [2.24, 2.45) is 0 Å². The highest BCUT2D eigenvalue weighted by Crippen LogP contribution is 2.16. The number of hydrogen-bond donors (Lipinski definition) is 1. The molecule has 32 heavy (non-hydrogen) atoms. The molecule has 3 heterocycles. The zero-order valence-corrected chi connectivity index (χ0v) is 17.4. The molecule has 0 radical (unpaired) electrons. The Balaban J connectivity index is 1.54. The maximum atomic E-state index is 13.4. The second-order valence-corrected chi connectivity index (χ2v) is 7.65. The number of nitrogens with one attached hydrogen (secondary N) is 1. The Bertz CT molecular complexity index is 1490. The molecule has 0 fully saturated rings. The molecule has 158 valence electrons. The van der Waals surface area contributed by atoms with Crippen LogP contribution in [0.3, 0.4) is 0 Å². The summed E-state index contributed by atoms with van der Waals surface area (Å²) in [7, 11) is 0. The molecule has 0 spiro atoms. The summed E-state index contributed by atoms with van der Waals surface area (Å²) in [6.45, 7) is 2.75. The van der Waals surface area contributed by atoms with E-state index in [1.807, 2.05) is 43.3 Å². The molecule has 5 aromatic rings. The number of fused-ring (bicyclic) bond motifs is 3. The van der Waals surface area contributed by atoms with Gasteiger partial charge in [-0.1, -0.05) is 29.8 Å². The smallest absolute Gasteiger partial charge is 0.263 e. The Hall–Kier alpha value is -4.33. The molecule has 0 aliphatic carbocycles. The van der Waals surface area contributed by atoms with Crippen molar-refractivity contribution in [2.45, 2.75) is 20.0 Å². The maximum Gasteiger partial charge on any atom is 0.263 e. The topological polar surface area (TPSA) is 94.2 Å². The molecule has 3 aromatic heterocycles. The number of nitrogens with zero attached hydrogens (tertiary/aromatic N) is 5. The van der Waals surface area contributed by atoms with Crippen LogP contribution >= 0.6 is 0 Å². The largest absolute Gasteiger partial charge is 0.348 e. The summed E-state index contributed by atoms with van der Waals surface area (Å²) < 4.78 is 3.35. The Kier molecular flexibility index (Phi) is 4.95. The number of aromatic nitrogens is 5. The summed E-state index contributed by atoms with van der Waals surface area (Å²) in [5, 5.41) is 11.5. The average molecular weight is 424 g/mol. The van der Waals surface area contributed by atoms with E-state index in [1.165, 1.54) is 0 Å². The van der Waals surface area contributed by atoms with E-state index in [0.29, 0.717) is 35.3 Å². The molecular weight excluding hydrogens is 404 g/mol. The van der Waals surface area contributed by atoms with Crippen LogP contribution in [0.1, 0.15) is 27.0 Å². The average Bonchev–Trinajstić information content (AvgIpc) is 3.32. The van der Waals surface area contributed by atoms with Crippen LogP contribution in [-0.2, 0) is 13.1 Å². The van der Waals surface area contributed by atoms with Gasteiger partial charge in [0.1, 0.15) is 6.33 Å². The molecule has 2 aromatic carbocycles. The van der Waals surface area contributed by atoms with Crippen LogP contribution in [0.5, 0.6) is 0 Å². The van der Waals surface area contributed by atoms with E-state index in [2.05, 4.69) is 20.5 Å². The van der Waals surface area contributed by atoms with E-state index in [4.69, 9.17) is 0 Å². The highest BCUT2D eigenvalue weighted by Gasteiger charge is 2.15. The number of aryl methyl sites for hydroxylation is 1. The zero-order valence-electron chi connectivity index (χ0n) is 17.4. The summed E-state index contributed by atoms with van der Waals surface area (Å²) >= 11 is 0. The van der Waals surface area contributed by atoms with Crippen molar-refractivity contribution < 1.29 is 4.79 Å². The van der Waals surface area contributed by atoms with Crippen molar-refractivity contribution in [3.8, 4) is 0 Å². The summed E-state index contributed by atoms with van der Waals surface area (Å²) in [6.07, 6.45) is 4.93. The number of carbonyl (C=O) groups is 1. The minimum Gasteiger partial charge on any atom is -0.348 e. The number of amides is 1. The minimum absolute atomic E-state index is 0.218. The third kappa shape index (κ3) is 3.62. The first kappa shape index (κ1) is 19.6. The zero-order chi connectivity index (χ0) is 22.1. The van der Waals surface area contributed by atoms with Gasteiger partial charge in [0.15, 0.2) is 0 Å². The number of hydrogen-bond acceptors (Lipinski definition) is 5. The van der Waals surface area contributed by atoms with Gasteiger partial charge in [-0.05, 0) is 48.4 Å². The lowest BCUT2D eigenvalue weighted by Crippen LogP contribution is -2.25. The predicted octanol–water partition coefficient (Wildman–Crippen LogP) is 2.73. The summed E-state index contributed by atoms with van der Waals surface area (Å²) in [5.41, 5.74) is 3.92. The second kappa shape index (κ2) is 8.07. The lowest BCUT2D eigenvalue weighted by atomic mass is 10.1. The maximum absolute atomic E-state index is 13.4. The molecule has 0 saturated heterocycles. The van der Waals surface area contributed by atoms with Crippen molar-refractivity contribution in [1.29, 1.82) is 0 Å². The molecule has 0 saturated carbocycles. The lowest BCUT2D eigenvalue weighted by Gasteiger charge is -2.12. The highest BCUT2D eigenvalue weighted by molar-refractivity contribution is 5.98. The Morgan fingerprint density at radius 3 is 2.56 bits per heavy atom. The number of rotatable bonds is 5. The van der Waals surface area contributed by atoms with Crippen LogP contribution in [0.25, 0.3) is 16.7 Å². The van der Waals surface area contributed by atoms with Gasteiger partial charge in [-0.2, -0.15) is 0 Å². The first-order chi connectivity index (χ1) is 15.6. The van der Waals surface area contributed by atoms with Gasteiger partial charge in [-0.3, -0.25) is 23.5 Å². The molecule has 1 amide bonds. The van der Waals surface area contributed by atoms with Gasteiger partial charge in [0, 0.05) is 24.5 Å². The van der Waals surface area contributed by atoms with Crippen molar-refractivity contribution >= 4 is 22.6 Å². The highest BCUT2D eigenvalue weighted by atomic mass is 16.1. The van der Waals surface area contributed by atoms with E-state index in [1.54, 1.807) is 45.9 Å². The van der Waals surface area contributed by atoms with Gasteiger partial charge in [-0.25, -0.2) is 0 Å². The van der Waals surface area contributed by atoms with E-state index in [-0.39, 0.29) is 11.5 Å². The fraction of sp³-hybridized carbons (Fsp3) is 0.125. The first-order valence-corrected chi connectivity index (χ1v) is 10.2. The Morgan fingerprint density at radius 2 is 1.78 bits per heavy atom. The summed E-state index contributed by atoms with van der Waals surface area (Å²) in [5.74, 6) is 0.204. The molecule has 0 bridgehead atoms. The molecule has 0 atom stereocenters. The van der Waals surface area contributed by atoms with Gasteiger partial charge >= 0.3 is 0 Å². The first-order valence-electron chi connectivity index (χ1n) is 10.2. The fourth-order valence-electron chi connectivity index (χ4n) is 3.68. The minimum atomic E-state index is -0.253. The monoisotopic (exact) mass is 424 g/mol. The molecular formula is C24H20N6O2. The molecule has 1 N–H and O–H groups in total. The van der Waals surface area contributed by atoms with Gasteiger partial charge in [-0.15, -0.1) is 10.2 Å². The summed E-state index contributed by atoms with van der Waals surface area (Å²) in [6, 6.07) is 16.8. The van der Waals surface area contributed by atoms with Gasteiger partial charge in [0.25, 0.3) is 11.5 Å². The fourth-order valence-corrected chi connectivity index (χ4v) is 3.68. The quantitative estimate of drug-likeness (QED) is 0.468. The van der Waals surface area contributed by atoms with E-state index >= 15 is 0 Å². The number of pyridine rings is 1. The molecule has 8 heteroatoms. The third-order valence-electron chi connectivity index (χ3n) is 5.43. The normalized spacial score (nSPS) is 11.2. The van der Waals surface area contributed by atoms with E-state index in [9.17, 15) is 9.59 Å². The van der Waals surface area contributed by atoms with Crippen LogP contribution in [0, 0.1) is 6.92 Å². The SMILES string of the molecule is Cc1ccc(Cn2c(=O)c3cc(C(=O)NCc4ccncc4)ccc3n3cnnc23)cc1. The van der Waals surface area contributed by atoms with Crippen LogP contribution < -0.4 is 10.9 Å². The van der Waals surface area contributed by atoms with E-state index in [0.717, 1.165) is 16.7 Å². The molecule has 8 nitrogen and oxygen atoms in total. The Morgan fingerprint density at radius 1 is 1.00 bits per heavy atom. The second-order valence-electron chi connectivity index (χ2n) is 7.65.